The van der Waals surface area contributed by atoms with Gasteiger partial charge in [0.1, 0.15) is 0 Å². The zero-order valence-corrected chi connectivity index (χ0v) is 11.4. The van der Waals surface area contributed by atoms with Gasteiger partial charge in [-0.2, -0.15) is 0 Å². The molecule has 0 fully saturated rings. The fraction of sp³-hybridized carbons (Fsp3) is 0.333. The van der Waals surface area contributed by atoms with E-state index in [2.05, 4.69) is 69.3 Å². The number of hydrogen-bond acceptors (Lipinski definition) is 0. The summed E-state index contributed by atoms with van der Waals surface area (Å²) in [4.78, 5) is 0. The molecule has 0 saturated carbocycles. The molecule has 2 aromatic carbocycles. The summed E-state index contributed by atoms with van der Waals surface area (Å²) in [6, 6.07) is 17.9. The van der Waals surface area contributed by atoms with E-state index >= 15 is 0 Å². The highest BCUT2D eigenvalue weighted by Crippen LogP contribution is 2.45. The van der Waals surface area contributed by atoms with Gasteiger partial charge in [-0.25, -0.2) is 0 Å². The summed E-state index contributed by atoms with van der Waals surface area (Å²) in [5, 5.41) is 0. The number of rotatable bonds is 1. The lowest BCUT2D eigenvalue weighted by molar-refractivity contribution is 0.541. The summed E-state index contributed by atoms with van der Waals surface area (Å²) in [5.41, 5.74) is 6.07. The van der Waals surface area contributed by atoms with Gasteiger partial charge in [-0.05, 0) is 28.2 Å². The lowest BCUT2D eigenvalue weighted by Crippen LogP contribution is -2.20. The molecule has 0 amide bonds. The molecule has 0 heterocycles. The summed E-state index contributed by atoms with van der Waals surface area (Å²) < 4.78 is 0. The highest BCUT2D eigenvalue weighted by Gasteiger charge is 2.30. The third-order valence-corrected chi connectivity index (χ3v) is 4.26. The van der Waals surface area contributed by atoms with Crippen LogP contribution in [0.2, 0.25) is 0 Å². The van der Waals surface area contributed by atoms with Crippen molar-refractivity contribution in [3.63, 3.8) is 0 Å². The molecule has 0 atom stereocenters. The summed E-state index contributed by atoms with van der Waals surface area (Å²) in [6.07, 6.45) is 0. The monoisotopic (exact) mass is 236 g/mol. The Bertz CT molecular complexity index is 518. The van der Waals surface area contributed by atoms with Gasteiger partial charge < -0.3 is 0 Å². The van der Waals surface area contributed by atoms with Crippen LogP contribution in [-0.2, 0) is 0 Å². The molecular weight excluding hydrogens is 216 g/mol. The van der Waals surface area contributed by atoms with Crippen molar-refractivity contribution in [1.29, 1.82) is 0 Å². The van der Waals surface area contributed by atoms with Crippen LogP contribution in [-0.4, -0.2) is 0 Å². The molecule has 3 rings (SSSR count). The summed E-state index contributed by atoms with van der Waals surface area (Å²) in [7, 11) is 0. The lowest BCUT2D eigenvalue weighted by atomic mass is 9.69. The molecule has 1 aliphatic carbocycles. The highest BCUT2D eigenvalue weighted by atomic mass is 14.3. The van der Waals surface area contributed by atoms with E-state index in [0.717, 1.165) is 0 Å². The van der Waals surface area contributed by atoms with E-state index in [-0.39, 0.29) is 0 Å². The molecular formula is C18H20. The van der Waals surface area contributed by atoms with E-state index in [1.165, 1.54) is 22.3 Å². The van der Waals surface area contributed by atoms with Crippen LogP contribution in [0.3, 0.4) is 0 Å². The first kappa shape index (κ1) is 11.5. The van der Waals surface area contributed by atoms with Crippen molar-refractivity contribution in [1.82, 2.24) is 0 Å². The Hall–Kier alpha value is -1.56. The van der Waals surface area contributed by atoms with Crippen LogP contribution in [0.5, 0.6) is 0 Å². The Balaban J connectivity index is 2.26. The Kier molecular flexibility index (Phi) is 2.74. The van der Waals surface area contributed by atoms with Crippen molar-refractivity contribution in [3.05, 3.63) is 70.8 Å². The van der Waals surface area contributed by atoms with Crippen molar-refractivity contribution in [2.75, 3.05) is 0 Å². The average molecular weight is 236 g/mol. The van der Waals surface area contributed by atoms with Crippen LogP contribution in [0.1, 0.15) is 54.9 Å². The molecule has 0 nitrogen and oxygen atoms in total. The minimum Gasteiger partial charge on any atom is -0.0620 e. The smallest absolute Gasteiger partial charge is 0.0118 e. The quantitative estimate of drug-likeness (QED) is 0.658. The first-order valence-electron chi connectivity index (χ1n) is 6.87. The van der Waals surface area contributed by atoms with Gasteiger partial charge in [0.25, 0.3) is 0 Å². The first-order valence-corrected chi connectivity index (χ1v) is 6.87. The van der Waals surface area contributed by atoms with Crippen LogP contribution >= 0.6 is 0 Å². The van der Waals surface area contributed by atoms with Gasteiger partial charge in [-0.15, -0.1) is 0 Å². The third kappa shape index (κ3) is 1.59. The molecule has 0 spiro atoms. The summed E-state index contributed by atoms with van der Waals surface area (Å²) in [6.45, 7) is 6.98. The third-order valence-electron chi connectivity index (χ3n) is 4.26. The minimum absolute atomic E-state index is 0.521. The molecule has 0 heteroatoms. The van der Waals surface area contributed by atoms with E-state index in [1.807, 2.05) is 0 Å². The molecule has 0 N–H and O–H groups in total. The van der Waals surface area contributed by atoms with Crippen molar-refractivity contribution >= 4 is 0 Å². The van der Waals surface area contributed by atoms with Crippen LogP contribution < -0.4 is 0 Å². The second kappa shape index (κ2) is 4.28. The Morgan fingerprint density at radius 2 is 1.11 bits per heavy atom. The van der Waals surface area contributed by atoms with Gasteiger partial charge in [0.05, 0.1) is 0 Å². The van der Waals surface area contributed by atoms with Crippen molar-refractivity contribution in [2.24, 2.45) is 5.92 Å². The Labute approximate surface area is 110 Å². The number of benzene rings is 2. The Morgan fingerprint density at radius 1 is 0.722 bits per heavy atom. The zero-order valence-electron chi connectivity index (χ0n) is 11.4. The van der Waals surface area contributed by atoms with E-state index in [1.54, 1.807) is 0 Å². The fourth-order valence-corrected chi connectivity index (χ4v) is 3.43. The van der Waals surface area contributed by atoms with Gasteiger partial charge in [-0.3, -0.25) is 0 Å². The van der Waals surface area contributed by atoms with Gasteiger partial charge in [0.15, 0.2) is 0 Å². The molecule has 2 aromatic rings. The molecule has 0 unspecified atom stereocenters. The predicted octanol–water partition coefficient (Wildman–Crippen LogP) is 4.94. The molecule has 0 aromatic heterocycles. The molecule has 92 valence electrons. The Morgan fingerprint density at radius 3 is 1.50 bits per heavy atom. The van der Waals surface area contributed by atoms with Gasteiger partial charge >= 0.3 is 0 Å². The maximum absolute atomic E-state index is 2.33. The molecule has 0 bridgehead atoms. The second-order valence-electron chi connectivity index (χ2n) is 5.70. The van der Waals surface area contributed by atoms with Gasteiger partial charge in [0, 0.05) is 11.8 Å². The standard InChI is InChI=1S/C18H20/c1-12(2)18-16-10-6-4-8-14(16)13(3)15-9-5-7-11-17(15)18/h4-13,18H,1-3H3. The molecule has 18 heavy (non-hydrogen) atoms. The van der Waals surface area contributed by atoms with Crippen LogP contribution in [0.25, 0.3) is 0 Å². The SMILES string of the molecule is CC1c2ccccc2C(C(C)C)c2ccccc21. The van der Waals surface area contributed by atoms with E-state index in [9.17, 15) is 0 Å². The molecule has 0 saturated heterocycles. The maximum Gasteiger partial charge on any atom is 0.0118 e. The predicted molar refractivity (Wildman–Crippen MR) is 77.1 cm³/mol. The molecule has 0 aliphatic heterocycles. The number of hydrogen-bond donors (Lipinski definition) is 0. The van der Waals surface area contributed by atoms with Gasteiger partial charge in [0.2, 0.25) is 0 Å². The number of fused-ring (bicyclic) bond motifs is 2. The van der Waals surface area contributed by atoms with E-state index in [4.69, 9.17) is 0 Å². The fourth-order valence-electron chi connectivity index (χ4n) is 3.43. The minimum atomic E-state index is 0.521. The van der Waals surface area contributed by atoms with Crippen molar-refractivity contribution < 1.29 is 0 Å². The largest absolute Gasteiger partial charge is 0.0620 e. The van der Waals surface area contributed by atoms with E-state index in [0.29, 0.717) is 17.8 Å². The molecule has 0 radical (unpaired) electrons. The van der Waals surface area contributed by atoms with Crippen molar-refractivity contribution in [3.8, 4) is 0 Å². The topological polar surface area (TPSA) is 0 Å². The van der Waals surface area contributed by atoms with Crippen LogP contribution in [0, 0.1) is 5.92 Å². The average Bonchev–Trinajstić information content (AvgIpc) is 2.39. The summed E-state index contributed by atoms with van der Waals surface area (Å²) in [5.74, 6) is 1.71. The molecule has 1 aliphatic rings. The van der Waals surface area contributed by atoms with E-state index < -0.39 is 0 Å². The maximum atomic E-state index is 2.33. The van der Waals surface area contributed by atoms with Crippen molar-refractivity contribution in [2.45, 2.75) is 32.6 Å². The van der Waals surface area contributed by atoms with Gasteiger partial charge in [-0.1, -0.05) is 69.3 Å². The normalized spacial score (nSPS) is 21.6. The highest BCUT2D eigenvalue weighted by molar-refractivity contribution is 5.52. The zero-order chi connectivity index (χ0) is 12.7. The first-order chi connectivity index (χ1) is 8.70. The van der Waals surface area contributed by atoms with Crippen LogP contribution in [0.15, 0.2) is 48.5 Å². The van der Waals surface area contributed by atoms with Crippen LogP contribution in [0.4, 0.5) is 0 Å². The second-order valence-corrected chi connectivity index (χ2v) is 5.70. The lowest BCUT2D eigenvalue weighted by Gasteiger charge is -2.34. The summed E-state index contributed by atoms with van der Waals surface area (Å²) >= 11 is 0.